The minimum atomic E-state index is -4.66. The standard InChI is InChI=1S/C23H27F3N4O2/c1-29(2)19-12-13-30(15-19)18-9-7-17(8-10-18)22-28-27-21(31-22)11-6-16-4-3-5-20(14-16)32-23(24,25)26/h4,7-10,14,19H,3,5-6,11-13,15H2,1-2H3. The highest BCUT2D eigenvalue weighted by molar-refractivity contribution is 5.59. The second kappa shape index (κ2) is 9.36. The molecule has 2 aromatic rings. The van der Waals surface area contributed by atoms with Crippen LogP contribution in [0.5, 0.6) is 0 Å². The number of benzene rings is 1. The number of hydrogen-bond donors (Lipinski definition) is 0. The van der Waals surface area contributed by atoms with Crippen LogP contribution in [0.25, 0.3) is 11.5 Å². The SMILES string of the molecule is CN(C)C1CCN(c2ccc(-c3nnc(CCC4=CCCC(OC(F)(F)F)=C4)o3)cc2)C1. The predicted molar refractivity (Wildman–Crippen MR) is 115 cm³/mol. The van der Waals surface area contributed by atoms with E-state index in [1.165, 1.54) is 11.8 Å². The van der Waals surface area contributed by atoms with Crippen LogP contribution < -0.4 is 4.90 Å². The molecule has 1 unspecified atom stereocenters. The molecule has 0 saturated carbocycles. The molecule has 9 heteroatoms. The van der Waals surface area contributed by atoms with Crippen molar-refractivity contribution >= 4 is 5.69 Å². The zero-order valence-electron chi connectivity index (χ0n) is 18.2. The van der Waals surface area contributed by atoms with Crippen LogP contribution in [0.2, 0.25) is 0 Å². The molecule has 0 amide bonds. The monoisotopic (exact) mass is 448 g/mol. The van der Waals surface area contributed by atoms with Gasteiger partial charge in [0.1, 0.15) is 5.76 Å². The zero-order chi connectivity index (χ0) is 22.7. The number of rotatable bonds is 7. The number of allylic oxidation sites excluding steroid dienone is 4. The highest BCUT2D eigenvalue weighted by atomic mass is 19.4. The Morgan fingerprint density at radius 2 is 1.94 bits per heavy atom. The van der Waals surface area contributed by atoms with E-state index >= 15 is 0 Å². The van der Waals surface area contributed by atoms with Crippen LogP contribution in [-0.4, -0.2) is 54.7 Å². The number of ether oxygens (including phenoxy) is 1. The average Bonchev–Trinajstić information content (AvgIpc) is 3.42. The largest absolute Gasteiger partial charge is 0.572 e. The highest BCUT2D eigenvalue weighted by Gasteiger charge is 2.32. The molecular formula is C23H27F3N4O2. The van der Waals surface area contributed by atoms with Crippen molar-refractivity contribution in [2.45, 2.75) is 44.5 Å². The summed E-state index contributed by atoms with van der Waals surface area (Å²) in [5.74, 6) is 0.834. The minimum Gasteiger partial charge on any atom is -0.421 e. The summed E-state index contributed by atoms with van der Waals surface area (Å²) in [4.78, 5) is 4.63. The van der Waals surface area contributed by atoms with Crippen LogP contribution in [0.4, 0.5) is 18.9 Å². The van der Waals surface area contributed by atoms with Crippen molar-refractivity contribution in [2.75, 3.05) is 32.1 Å². The Balaban J connectivity index is 1.34. The molecule has 4 rings (SSSR count). The van der Waals surface area contributed by atoms with Crippen LogP contribution in [-0.2, 0) is 11.2 Å². The Morgan fingerprint density at radius 3 is 2.62 bits per heavy atom. The second-order valence-electron chi connectivity index (χ2n) is 8.38. The van der Waals surface area contributed by atoms with Gasteiger partial charge in [-0.1, -0.05) is 6.08 Å². The van der Waals surface area contributed by atoms with Crippen LogP contribution >= 0.6 is 0 Å². The third-order valence-electron chi connectivity index (χ3n) is 5.86. The summed E-state index contributed by atoms with van der Waals surface area (Å²) in [7, 11) is 4.22. The molecule has 1 saturated heterocycles. The van der Waals surface area contributed by atoms with E-state index in [0.29, 0.717) is 37.1 Å². The lowest BCUT2D eigenvalue weighted by molar-refractivity contribution is -0.306. The van der Waals surface area contributed by atoms with Gasteiger partial charge in [0.25, 0.3) is 0 Å². The molecule has 2 aliphatic rings. The van der Waals surface area contributed by atoms with Crippen molar-refractivity contribution < 1.29 is 22.3 Å². The van der Waals surface area contributed by atoms with Crippen LogP contribution in [0.15, 0.2) is 52.2 Å². The molecule has 1 atom stereocenters. The summed E-state index contributed by atoms with van der Waals surface area (Å²) in [6, 6.07) is 8.65. The molecule has 1 aromatic carbocycles. The third kappa shape index (κ3) is 5.70. The quantitative estimate of drug-likeness (QED) is 0.598. The third-order valence-corrected chi connectivity index (χ3v) is 5.86. The smallest absolute Gasteiger partial charge is 0.421 e. The molecule has 172 valence electrons. The molecule has 32 heavy (non-hydrogen) atoms. The van der Waals surface area contributed by atoms with Crippen molar-refractivity contribution in [3.05, 3.63) is 53.6 Å². The van der Waals surface area contributed by atoms with E-state index in [-0.39, 0.29) is 12.2 Å². The highest BCUT2D eigenvalue weighted by Crippen LogP contribution is 2.29. The fourth-order valence-corrected chi connectivity index (χ4v) is 4.08. The number of aromatic nitrogens is 2. The zero-order valence-corrected chi connectivity index (χ0v) is 18.2. The van der Waals surface area contributed by atoms with Gasteiger partial charge in [0.15, 0.2) is 0 Å². The predicted octanol–water partition coefficient (Wildman–Crippen LogP) is 4.95. The Bertz CT molecular complexity index is 980. The first-order valence-electron chi connectivity index (χ1n) is 10.8. The number of aryl methyl sites for hydroxylation is 1. The molecule has 1 aromatic heterocycles. The minimum absolute atomic E-state index is 0.0591. The Kier molecular flexibility index (Phi) is 6.55. The van der Waals surface area contributed by atoms with Gasteiger partial charge in [-0.05, 0) is 69.3 Å². The maximum atomic E-state index is 12.4. The van der Waals surface area contributed by atoms with Crippen LogP contribution in [0, 0.1) is 0 Å². The average molecular weight is 448 g/mol. The van der Waals surface area contributed by atoms with Crippen molar-refractivity contribution in [3.8, 4) is 11.5 Å². The van der Waals surface area contributed by atoms with E-state index in [1.54, 1.807) is 0 Å². The summed E-state index contributed by atoms with van der Waals surface area (Å²) in [5, 5.41) is 8.22. The molecular weight excluding hydrogens is 421 g/mol. The first kappa shape index (κ1) is 22.4. The van der Waals surface area contributed by atoms with E-state index in [2.05, 4.69) is 51.0 Å². The van der Waals surface area contributed by atoms with E-state index in [9.17, 15) is 13.2 Å². The number of alkyl halides is 3. The fourth-order valence-electron chi connectivity index (χ4n) is 4.08. The normalized spacial score (nSPS) is 19.3. The molecule has 0 radical (unpaired) electrons. The number of likely N-dealkylation sites (N-methyl/N-ethyl adjacent to an activating group) is 1. The van der Waals surface area contributed by atoms with Gasteiger partial charge in [0.2, 0.25) is 11.8 Å². The summed E-state index contributed by atoms with van der Waals surface area (Å²) in [5.41, 5.74) is 2.79. The number of hydrogen-bond acceptors (Lipinski definition) is 6. The van der Waals surface area contributed by atoms with Crippen LogP contribution in [0.3, 0.4) is 0 Å². The van der Waals surface area contributed by atoms with Gasteiger partial charge in [-0.3, -0.25) is 0 Å². The summed E-state index contributed by atoms with van der Waals surface area (Å²) >= 11 is 0. The van der Waals surface area contributed by atoms with Gasteiger partial charge in [-0.15, -0.1) is 23.4 Å². The topological polar surface area (TPSA) is 54.6 Å². The Labute approximate surface area is 185 Å². The fraction of sp³-hybridized carbons (Fsp3) is 0.478. The van der Waals surface area contributed by atoms with Crippen molar-refractivity contribution in [2.24, 2.45) is 0 Å². The lowest BCUT2D eigenvalue weighted by atomic mass is 10.0. The van der Waals surface area contributed by atoms with Gasteiger partial charge in [0.05, 0.1) is 0 Å². The van der Waals surface area contributed by atoms with Crippen molar-refractivity contribution in [1.29, 1.82) is 0 Å². The van der Waals surface area contributed by atoms with Crippen LogP contribution in [0.1, 0.15) is 31.6 Å². The first-order chi connectivity index (χ1) is 15.3. The molecule has 1 aliphatic carbocycles. The number of nitrogens with zero attached hydrogens (tertiary/aromatic N) is 4. The van der Waals surface area contributed by atoms with Gasteiger partial charge in [-0.25, -0.2) is 0 Å². The maximum Gasteiger partial charge on any atom is 0.572 e. The molecule has 2 heterocycles. The molecule has 0 N–H and O–H groups in total. The molecule has 1 aliphatic heterocycles. The summed E-state index contributed by atoms with van der Waals surface area (Å²) < 4.78 is 47.1. The lowest BCUT2D eigenvalue weighted by Gasteiger charge is -2.21. The number of halogens is 3. The molecule has 0 spiro atoms. The lowest BCUT2D eigenvalue weighted by Crippen LogP contribution is -2.31. The van der Waals surface area contributed by atoms with E-state index < -0.39 is 6.36 Å². The molecule has 1 fully saturated rings. The van der Waals surface area contributed by atoms with Gasteiger partial charge >= 0.3 is 6.36 Å². The molecule has 6 nitrogen and oxygen atoms in total. The van der Waals surface area contributed by atoms with E-state index in [0.717, 1.165) is 30.6 Å². The second-order valence-corrected chi connectivity index (χ2v) is 8.38. The van der Waals surface area contributed by atoms with Crippen molar-refractivity contribution in [3.63, 3.8) is 0 Å². The summed E-state index contributed by atoms with van der Waals surface area (Å²) in [6.07, 6.45) is 1.58. The number of anilines is 1. The van der Waals surface area contributed by atoms with Crippen molar-refractivity contribution in [1.82, 2.24) is 15.1 Å². The van der Waals surface area contributed by atoms with E-state index in [4.69, 9.17) is 4.42 Å². The first-order valence-corrected chi connectivity index (χ1v) is 10.8. The van der Waals surface area contributed by atoms with Gasteiger partial charge in [-0.2, -0.15) is 0 Å². The van der Waals surface area contributed by atoms with E-state index in [1.807, 2.05) is 18.2 Å². The summed E-state index contributed by atoms with van der Waals surface area (Å²) in [6.45, 7) is 2.05. The Hall–Kier alpha value is -2.81. The van der Waals surface area contributed by atoms with Gasteiger partial charge < -0.3 is 19.0 Å². The van der Waals surface area contributed by atoms with Gasteiger partial charge in [0, 0.05) is 43.2 Å². The maximum absolute atomic E-state index is 12.4. The molecule has 0 bridgehead atoms. The Morgan fingerprint density at radius 1 is 1.16 bits per heavy atom.